The van der Waals surface area contributed by atoms with E-state index in [1.807, 2.05) is 11.8 Å². The molecule has 3 heterocycles. The SMILES string of the molecule is CC1(C(=O)N2CCOCC2CC(O)c2ccco2)CCCN1. The molecule has 2 aliphatic rings. The van der Waals surface area contributed by atoms with Gasteiger partial charge in [0, 0.05) is 13.0 Å². The Labute approximate surface area is 130 Å². The van der Waals surface area contributed by atoms with Gasteiger partial charge < -0.3 is 24.5 Å². The van der Waals surface area contributed by atoms with Gasteiger partial charge >= 0.3 is 0 Å². The van der Waals surface area contributed by atoms with Crippen molar-refractivity contribution in [2.24, 2.45) is 0 Å². The number of hydrogen-bond acceptors (Lipinski definition) is 5. The number of rotatable bonds is 4. The predicted octanol–water partition coefficient (Wildman–Crippen LogP) is 1.07. The molecule has 0 aliphatic carbocycles. The van der Waals surface area contributed by atoms with E-state index in [2.05, 4.69) is 5.32 Å². The summed E-state index contributed by atoms with van der Waals surface area (Å²) in [5.74, 6) is 0.646. The van der Waals surface area contributed by atoms with Crippen molar-refractivity contribution < 1.29 is 19.1 Å². The molecule has 1 aromatic rings. The Morgan fingerprint density at radius 2 is 2.50 bits per heavy atom. The number of morpholine rings is 1. The van der Waals surface area contributed by atoms with E-state index in [0.717, 1.165) is 19.4 Å². The molecule has 6 heteroatoms. The monoisotopic (exact) mass is 308 g/mol. The number of aliphatic hydroxyl groups excluding tert-OH is 1. The molecular weight excluding hydrogens is 284 g/mol. The third-order valence-electron chi connectivity index (χ3n) is 4.70. The summed E-state index contributed by atoms with van der Waals surface area (Å²) in [5, 5.41) is 13.6. The lowest BCUT2D eigenvalue weighted by molar-refractivity contribution is -0.147. The molecule has 122 valence electrons. The topological polar surface area (TPSA) is 74.9 Å². The number of furan rings is 1. The maximum atomic E-state index is 12.9. The van der Waals surface area contributed by atoms with Crippen molar-refractivity contribution in [2.75, 3.05) is 26.3 Å². The van der Waals surface area contributed by atoms with Crippen LogP contribution in [-0.4, -0.2) is 53.8 Å². The van der Waals surface area contributed by atoms with Gasteiger partial charge in [0.25, 0.3) is 0 Å². The minimum Gasteiger partial charge on any atom is -0.467 e. The van der Waals surface area contributed by atoms with Crippen molar-refractivity contribution in [2.45, 2.75) is 43.9 Å². The highest BCUT2D eigenvalue weighted by atomic mass is 16.5. The summed E-state index contributed by atoms with van der Waals surface area (Å²) in [4.78, 5) is 14.8. The summed E-state index contributed by atoms with van der Waals surface area (Å²) in [6.45, 7) is 4.44. The second-order valence-corrected chi connectivity index (χ2v) is 6.36. The summed E-state index contributed by atoms with van der Waals surface area (Å²) in [6, 6.07) is 3.38. The molecular formula is C16H24N2O4. The second kappa shape index (κ2) is 6.40. The lowest BCUT2D eigenvalue weighted by Crippen LogP contribution is -2.59. The van der Waals surface area contributed by atoms with E-state index in [1.165, 1.54) is 0 Å². The zero-order valence-electron chi connectivity index (χ0n) is 13.0. The first-order valence-corrected chi connectivity index (χ1v) is 7.95. The molecule has 1 aromatic heterocycles. The van der Waals surface area contributed by atoms with E-state index >= 15 is 0 Å². The van der Waals surface area contributed by atoms with Crippen LogP contribution in [-0.2, 0) is 9.53 Å². The molecule has 2 aliphatic heterocycles. The lowest BCUT2D eigenvalue weighted by Gasteiger charge is -2.40. The van der Waals surface area contributed by atoms with Gasteiger partial charge in [-0.05, 0) is 38.4 Å². The Morgan fingerprint density at radius 1 is 1.64 bits per heavy atom. The number of aliphatic hydroxyl groups is 1. The number of hydrogen-bond donors (Lipinski definition) is 2. The van der Waals surface area contributed by atoms with Crippen molar-refractivity contribution in [3.05, 3.63) is 24.2 Å². The van der Waals surface area contributed by atoms with Crippen LogP contribution in [0.25, 0.3) is 0 Å². The highest BCUT2D eigenvalue weighted by molar-refractivity contribution is 5.86. The number of nitrogens with zero attached hydrogens (tertiary/aromatic N) is 1. The summed E-state index contributed by atoms with van der Waals surface area (Å²) in [7, 11) is 0. The van der Waals surface area contributed by atoms with Gasteiger partial charge in [0.1, 0.15) is 11.9 Å². The summed E-state index contributed by atoms with van der Waals surface area (Å²) >= 11 is 0. The molecule has 3 unspecified atom stereocenters. The van der Waals surface area contributed by atoms with Gasteiger partial charge in [-0.1, -0.05) is 0 Å². The molecule has 0 radical (unpaired) electrons. The molecule has 22 heavy (non-hydrogen) atoms. The number of nitrogens with one attached hydrogen (secondary N) is 1. The lowest BCUT2D eigenvalue weighted by atomic mass is 9.95. The maximum absolute atomic E-state index is 12.9. The first-order valence-electron chi connectivity index (χ1n) is 7.95. The second-order valence-electron chi connectivity index (χ2n) is 6.36. The Bertz CT molecular complexity index is 496. The van der Waals surface area contributed by atoms with Crippen LogP contribution >= 0.6 is 0 Å². The van der Waals surface area contributed by atoms with Crippen LogP contribution in [0.5, 0.6) is 0 Å². The average molecular weight is 308 g/mol. The van der Waals surface area contributed by atoms with Gasteiger partial charge in [0.15, 0.2) is 0 Å². The fourth-order valence-corrected chi connectivity index (χ4v) is 3.37. The minimum absolute atomic E-state index is 0.116. The van der Waals surface area contributed by atoms with Crippen LogP contribution in [0, 0.1) is 0 Å². The molecule has 3 rings (SSSR count). The maximum Gasteiger partial charge on any atom is 0.242 e. The highest BCUT2D eigenvalue weighted by Crippen LogP contribution is 2.27. The van der Waals surface area contributed by atoms with Crippen LogP contribution in [0.4, 0.5) is 0 Å². The fourth-order valence-electron chi connectivity index (χ4n) is 3.37. The van der Waals surface area contributed by atoms with Gasteiger partial charge in [-0.2, -0.15) is 0 Å². The normalized spacial score (nSPS) is 30.5. The van der Waals surface area contributed by atoms with Gasteiger partial charge in [-0.25, -0.2) is 0 Å². The number of amides is 1. The Morgan fingerprint density at radius 3 is 3.18 bits per heavy atom. The van der Waals surface area contributed by atoms with E-state index in [9.17, 15) is 9.90 Å². The largest absolute Gasteiger partial charge is 0.467 e. The van der Waals surface area contributed by atoms with Crippen LogP contribution in [0.1, 0.15) is 38.1 Å². The molecule has 1 amide bonds. The molecule has 2 N–H and O–H groups in total. The summed E-state index contributed by atoms with van der Waals surface area (Å²) < 4.78 is 10.8. The number of carbonyl (C=O) groups excluding carboxylic acids is 1. The smallest absolute Gasteiger partial charge is 0.242 e. The third kappa shape index (κ3) is 3.04. The standard InChI is InChI=1S/C16H24N2O4/c1-16(5-3-6-17-16)15(20)18-7-9-21-11-12(18)10-13(19)14-4-2-8-22-14/h2,4,8,12-13,17,19H,3,5-7,9-11H2,1H3. The first kappa shape index (κ1) is 15.5. The Hall–Kier alpha value is -1.37. The minimum atomic E-state index is -0.721. The summed E-state index contributed by atoms with van der Waals surface area (Å²) in [6.07, 6.45) is 3.13. The van der Waals surface area contributed by atoms with E-state index in [4.69, 9.17) is 9.15 Å². The molecule has 3 atom stereocenters. The summed E-state index contributed by atoms with van der Waals surface area (Å²) in [5.41, 5.74) is -0.481. The van der Waals surface area contributed by atoms with E-state index in [1.54, 1.807) is 18.4 Å². The molecule has 0 spiro atoms. The Kier molecular flexibility index (Phi) is 4.52. The van der Waals surface area contributed by atoms with E-state index in [-0.39, 0.29) is 11.9 Å². The van der Waals surface area contributed by atoms with Crippen molar-refractivity contribution >= 4 is 5.91 Å². The molecule has 0 saturated carbocycles. The van der Waals surface area contributed by atoms with Gasteiger partial charge in [-0.3, -0.25) is 4.79 Å². The van der Waals surface area contributed by atoms with Gasteiger partial charge in [-0.15, -0.1) is 0 Å². The number of carbonyl (C=O) groups is 1. The quantitative estimate of drug-likeness (QED) is 0.870. The Balaban J connectivity index is 1.69. The van der Waals surface area contributed by atoms with Crippen molar-refractivity contribution in [3.63, 3.8) is 0 Å². The molecule has 0 bridgehead atoms. The van der Waals surface area contributed by atoms with Gasteiger partial charge in [0.2, 0.25) is 5.91 Å². The zero-order chi connectivity index (χ0) is 15.6. The van der Waals surface area contributed by atoms with Crippen LogP contribution in [0.15, 0.2) is 22.8 Å². The highest BCUT2D eigenvalue weighted by Gasteiger charge is 2.42. The molecule has 0 aromatic carbocycles. The average Bonchev–Trinajstić information content (AvgIpc) is 3.19. The van der Waals surface area contributed by atoms with Crippen molar-refractivity contribution in [3.8, 4) is 0 Å². The van der Waals surface area contributed by atoms with Crippen LogP contribution in [0.2, 0.25) is 0 Å². The van der Waals surface area contributed by atoms with Crippen LogP contribution in [0.3, 0.4) is 0 Å². The molecule has 2 fully saturated rings. The van der Waals surface area contributed by atoms with Crippen molar-refractivity contribution in [1.29, 1.82) is 0 Å². The molecule has 6 nitrogen and oxygen atoms in total. The fraction of sp³-hybridized carbons (Fsp3) is 0.688. The number of ether oxygens (including phenoxy) is 1. The van der Waals surface area contributed by atoms with Gasteiger partial charge in [0.05, 0.1) is 31.1 Å². The third-order valence-corrected chi connectivity index (χ3v) is 4.70. The van der Waals surface area contributed by atoms with E-state index in [0.29, 0.717) is 31.9 Å². The zero-order valence-corrected chi connectivity index (χ0v) is 13.0. The van der Waals surface area contributed by atoms with E-state index < -0.39 is 11.6 Å². The molecule has 2 saturated heterocycles. The van der Waals surface area contributed by atoms with Crippen molar-refractivity contribution in [1.82, 2.24) is 10.2 Å². The first-order chi connectivity index (χ1) is 10.6. The van der Waals surface area contributed by atoms with Crippen LogP contribution < -0.4 is 5.32 Å². The predicted molar refractivity (Wildman–Crippen MR) is 80.2 cm³/mol.